The summed E-state index contributed by atoms with van der Waals surface area (Å²) in [4.78, 5) is 20.2. The second-order valence-corrected chi connectivity index (χ2v) is 10.3. The Kier molecular flexibility index (Phi) is 7.00. The highest BCUT2D eigenvalue weighted by atomic mass is 32.2. The lowest BCUT2D eigenvalue weighted by atomic mass is 10.0. The van der Waals surface area contributed by atoms with Crippen LogP contribution in [0.2, 0.25) is 0 Å². The fourth-order valence-electron chi connectivity index (χ4n) is 5.16. The summed E-state index contributed by atoms with van der Waals surface area (Å²) >= 11 is 2.06. The minimum absolute atomic E-state index is 0.0737. The predicted octanol–water partition coefficient (Wildman–Crippen LogP) is 3.66. The number of piperidine rings is 1. The molecule has 1 amide bonds. The van der Waals surface area contributed by atoms with E-state index in [1.807, 2.05) is 18.2 Å². The number of benzene rings is 2. The molecule has 2 aromatic carbocycles. The van der Waals surface area contributed by atoms with E-state index in [1.165, 1.54) is 24.6 Å². The molecule has 2 aromatic rings. The number of para-hydroxylation sites is 1. The van der Waals surface area contributed by atoms with Crippen LogP contribution in [-0.2, 0) is 11.3 Å². The minimum atomic E-state index is -0.0737. The minimum Gasteiger partial charge on any atom is -0.484 e. The summed E-state index contributed by atoms with van der Waals surface area (Å²) in [7, 11) is 0. The highest BCUT2D eigenvalue weighted by Gasteiger charge is 2.30. The summed E-state index contributed by atoms with van der Waals surface area (Å²) < 4.78 is 6.41. The van der Waals surface area contributed by atoms with Crippen molar-refractivity contribution in [2.24, 2.45) is 0 Å². The number of fused-ring (bicyclic) bond motifs is 1. The quantitative estimate of drug-likeness (QED) is 0.709. The summed E-state index contributed by atoms with van der Waals surface area (Å²) in [5.41, 5.74) is 2.31. The number of nitrogens with zero attached hydrogens (tertiary/aromatic N) is 3. The van der Waals surface area contributed by atoms with Crippen LogP contribution in [0, 0.1) is 0 Å². The highest BCUT2D eigenvalue weighted by molar-refractivity contribution is 7.99. The van der Waals surface area contributed by atoms with Crippen LogP contribution in [-0.4, -0.2) is 77.4 Å². The van der Waals surface area contributed by atoms with Gasteiger partial charge in [0.1, 0.15) is 11.9 Å². The van der Waals surface area contributed by atoms with Gasteiger partial charge in [0.25, 0.3) is 0 Å². The van der Waals surface area contributed by atoms with E-state index in [0.717, 1.165) is 49.4 Å². The van der Waals surface area contributed by atoms with Gasteiger partial charge in [-0.25, -0.2) is 0 Å². The average molecular weight is 452 g/mol. The van der Waals surface area contributed by atoms with E-state index in [-0.39, 0.29) is 12.0 Å². The van der Waals surface area contributed by atoms with E-state index in [0.29, 0.717) is 19.1 Å². The summed E-state index contributed by atoms with van der Waals surface area (Å²) in [5, 5.41) is 0. The van der Waals surface area contributed by atoms with Crippen LogP contribution in [0.1, 0.15) is 30.1 Å². The normalized spacial score (nSPS) is 23.2. The zero-order chi connectivity index (χ0) is 21.8. The molecule has 0 aromatic heterocycles. The standard InChI is InChI=1S/C26H33N3O2S/c30-26(29-12-10-23(11-13-29)28-14-16-32-17-15-28)20-27-18-22-8-4-5-9-24(22)31-25(19-27)21-6-2-1-3-7-21/h1-9,23,25H,10-20H2. The number of amides is 1. The molecule has 2 fully saturated rings. The summed E-state index contributed by atoms with van der Waals surface area (Å²) in [5.74, 6) is 3.68. The van der Waals surface area contributed by atoms with Crippen molar-refractivity contribution in [3.63, 3.8) is 0 Å². The molecule has 0 bridgehead atoms. The predicted molar refractivity (Wildman–Crippen MR) is 130 cm³/mol. The number of likely N-dealkylation sites (tertiary alicyclic amines) is 1. The van der Waals surface area contributed by atoms with Gasteiger partial charge in [0.15, 0.2) is 0 Å². The number of hydrogen-bond acceptors (Lipinski definition) is 5. The second-order valence-electron chi connectivity index (χ2n) is 9.05. The molecular weight excluding hydrogens is 418 g/mol. The first-order chi connectivity index (χ1) is 15.8. The van der Waals surface area contributed by atoms with Crippen molar-refractivity contribution in [3.05, 3.63) is 65.7 Å². The Hall–Kier alpha value is -2.02. The first-order valence-corrected chi connectivity index (χ1v) is 13.0. The number of ether oxygens (including phenoxy) is 1. The van der Waals surface area contributed by atoms with E-state index in [2.05, 4.69) is 62.9 Å². The van der Waals surface area contributed by atoms with Crippen LogP contribution in [0.25, 0.3) is 0 Å². The third-order valence-electron chi connectivity index (χ3n) is 6.97. The van der Waals surface area contributed by atoms with Gasteiger partial charge >= 0.3 is 0 Å². The fourth-order valence-corrected chi connectivity index (χ4v) is 6.09. The molecule has 3 aliphatic rings. The molecule has 1 atom stereocenters. The van der Waals surface area contributed by atoms with Crippen LogP contribution in [0.15, 0.2) is 54.6 Å². The zero-order valence-electron chi connectivity index (χ0n) is 18.7. The first kappa shape index (κ1) is 21.8. The number of carbonyl (C=O) groups is 1. The largest absolute Gasteiger partial charge is 0.484 e. The van der Waals surface area contributed by atoms with Gasteiger partial charge in [-0.2, -0.15) is 11.8 Å². The van der Waals surface area contributed by atoms with Crippen LogP contribution >= 0.6 is 11.8 Å². The van der Waals surface area contributed by atoms with Crippen molar-refractivity contribution in [2.45, 2.75) is 31.5 Å². The van der Waals surface area contributed by atoms with Crippen LogP contribution in [0.3, 0.4) is 0 Å². The molecule has 6 heteroatoms. The van der Waals surface area contributed by atoms with Gasteiger partial charge in [-0.1, -0.05) is 48.5 Å². The molecule has 0 saturated carbocycles. The Labute approximate surface area is 195 Å². The molecule has 0 spiro atoms. The molecule has 170 valence electrons. The molecule has 3 aliphatic heterocycles. The fraction of sp³-hybridized carbons (Fsp3) is 0.500. The van der Waals surface area contributed by atoms with Crippen molar-refractivity contribution in [3.8, 4) is 5.75 Å². The Bertz CT molecular complexity index is 895. The zero-order valence-corrected chi connectivity index (χ0v) is 19.5. The molecule has 3 heterocycles. The summed E-state index contributed by atoms with van der Waals surface area (Å²) in [6, 6.07) is 19.2. The molecule has 5 nitrogen and oxygen atoms in total. The van der Waals surface area contributed by atoms with Crippen molar-refractivity contribution in [1.29, 1.82) is 0 Å². The number of carbonyl (C=O) groups excluding carboxylic acids is 1. The van der Waals surface area contributed by atoms with Gasteiger partial charge in [-0.05, 0) is 24.5 Å². The third kappa shape index (κ3) is 5.13. The maximum absolute atomic E-state index is 13.2. The van der Waals surface area contributed by atoms with E-state index in [1.54, 1.807) is 0 Å². The van der Waals surface area contributed by atoms with Gasteiger partial charge in [0.2, 0.25) is 5.91 Å². The van der Waals surface area contributed by atoms with Gasteiger partial charge < -0.3 is 9.64 Å². The lowest BCUT2D eigenvalue weighted by molar-refractivity contribution is -0.134. The smallest absolute Gasteiger partial charge is 0.236 e. The number of hydrogen-bond donors (Lipinski definition) is 0. The molecule has 5 rings (SSSR count). The van der Waals surface area contributed by atoms with E-state index >= 15 is 0 Å². The Balaban J connectivity index is 1.23. The molecule has 0 N–H and O–H groups in total. The highest BCUT2D eigenvalue weighted by Crippen LogP contribution is 2.31. The molecule has 2 saturated heterocycles. The third-order valence-corrected chi connectivity index (χ3v) is 7.91. The Morgan fingerprint density at radius 3 is 2.44 bits per heavy atom. The van der Waals surface area contributed by atoms with Crippen molar-refractivity contribution in [2.75, 3.05) is 50.8 Å². The topological polar surface area (TPSA) is 36.0 Å². The van der Waals surface area contributed by atoms with Crippen LogP contribution < -0.4 is 4.74 Å². The van der Waals surface area contributed by atoms with Crippen LogP contribution in [0.4, 0.5) is 0 Å². The average Bonchev–Trinajstić information content (AvgIpc) is 3.04. The number of rotatable bonds is 4. The van der Waals surface area contributed by atoms with Crippen molar-refractivity contribution in [1.82, 2.24) is 14.7 Å². The Morgan fingerprint density at radius 2 is 1.66 bits per heavy atom. The molecule has 1 unspecified atom stereocenters. The van der Waals surface area contributed by atoms with E-state index in [4.69, 9.17) is 4.74 Å². The lowest BCUT2D eigenvalue weighted by Gasteiger charge is -2.40. The monoisotopic (exact) mass is 451 g/mol. The van der Waals surface area contributed by atoms with Gasteiger partial charge in [-0.3, -0.25) is 14.6 Å². The first-order valence-electron chi connectivity index (χ1n) is 11.9. The SMILES string of the molecule is O=C(CN1Cc2ccccc2OC(c2ccccc2)C1)N1CCC(N2CCSCC2)CC1. The second kappa shape index (κ2) is 10.3. The van der Waals surface area contributed by atoms with Gasteiger partial charge in [0.05, 0.1) is 6.54 Å². The van der Waals surface area contributed by atoms with Gasteiger partial charge in [-0.15, -0.1) is 0 Å². The van der Waals surface area contributed by atoms with Gasteiger partial charge in [0, 0.05) is 62.4 Å². The molecular formula is C26H33N3O2S. The van der Waals surface area contributed by atoms with Crippen LogP contribution in [0.5, 0.6) is 5.75 Å². The van der Waals surface area contributed by atoms with Crippen molar-refractivity contribution < 1.29 is 9.53 Å². The maximum atomic E-state index is 13.2. The van der Waals surface area contributed by atoms with Crippen molar-refractivity contribution >= 4 is 17.7 Å². The summed E-state index contributed by atoms with van der Waals surface area (Å²) in [6.07, 6.45) is 2.14. The van der Waals surface area contributed by atoms with E-state index < -0.39 is 0 Å². The number of thioether (sulfide) groups is 1. The Morgan fingerprint density at radius 1 is 0.938 bits per heavy atom. The maximum Gasteiger partial charge on any atom is 0.236 e. The molecule has 0 aliphatic carbocycles. The lowest BCUT2D eigenvalue weighted by Crippen LogP contribution is -2.50. The van der Waals surface area contributed by atoms with E-state index in [9.17, 15) is 4.79 Å². The molecule has 32 heavy (non-hydrogen) atoms. The summed E-state index contributed by atoms with van der Waals surface area (Å²) in [6.45, 7) is 6.09. The molecule has 0 radical (unpaired) electrons.